The molecule has 1 aliphatic heterocycles. The van der Waals surface area contributed by atoms with Gasteiger partial charge >= 0.3 is 0 Å². The van der Waals surface area contributed by atoms with Gasteiger partial charge in [-0.15, -0.1) is 11.3 Å². The molecule has 7 nitrogen and oxygen atoms in total. The Balaban J connectivity index is 1.38. The lowest BCUT2D eigenvalue weighted by Gasteiger charge is -2.35. The van der Waals surface area contributed by atoms with Gasteiger partial charge in [0.15, 0.2) is 0 Å². The Kier molecular flexibility index (Phi) is 5.72. The van der Waals surface area contributed by atoms with Crippen molar-refractivity contribution in [3.63, 3.8) is 0 Å². The summed E-state index contributed by atoms with van der Waals surface area (Å²) in [6.07, 6.45) is 1.34. The number of aryl methyl sites for hydroxylation is 1. The van der Waals surface area contributed by atoms with E-state index in [0.29, 0.717) is 35.5 Å². The second kappa shape index (κ2) is 8.74. The van der Waals surface area contributed by atoms with Crippen LogP contribution in [0.5, 0.6) is 0 Å². The van der Waals surface area contributed by atoms with Crippen LogP contribution in [0.25, 0.3) is 15.9 Å². The lowest BCUT2D eigenvalue weighted by molar-refractivity contribution is -0.138. The van der Waals surface area contributed by atoms with Gasteiger partial charge in [-0.2, -0.15) is 5.10 Å². The molecule has 2 aromatic heterocycles. The molecular formula is C26H23FN4O3S. The first-order valence-electron chi connectivity index (χ1n) is 11.3. The van der Waals surface area contributed by atoms with E-state index in [0.717, 1.165) is 21.5 Å². The number of benzene rings is 2. The Bertz CT molecular complexity index is 1460. The molecule has 0 spiro atoms. The maximum atomic E-state index is 13.3. The van der Waals surface area contributed by atoms with E-state index in [2.05, 4.69) is 15.7 Å². The summed E-state index contributed by atoms with van der Waals surface area (Å²) in [5.74, 6) is -1.10. The number of anilines is 1. The zero-order chi connectivity index (χ0) is 24.7. The number of nitrogens with one attached hydrogen (secondary N) is 2. The number of halogens is 1. The number of carbonyl (C=O) groups is 3. The molecule has 1 unspecified atom stereocenters. The monoisotopic (exact) mass is 490 g/mol. The quantitative estimate of drug-likeness (QED) is 0.390. The van der Waals surface area contributed by atoms with Crippen LogP contribution in [0.3, 0.4) is 0 Å². The molecule has 0 saturated carbocycles. The van der Waals surface area contributed by atoms with Crippen molar-refractivity contribution in [3.05, 3.63) is 76.5 Å². The number of rotatable bonds is 5. The lowest BCUT2D eigenvalue weighted by Crippen LogP contribution is -2.51. The van der Waals surface area contributed by atoms with Crippen molar-refractivity contribution in [2.75, 3.05) is 5.32 Å². The number of imide groups is 1. The number of fused-ring (bicyclic) bond motifs is 1. The Morgan fingerprint density at radius 1 is 1.17 bits per heavy atom. The lowest BCUT2D eigenvalue weighted by atomic mass is 9.72. The molecule has 2 N–H and O–H groups in total. The molecule has 178 valence electrons. The van der Waals surface area contributed by atoms with E-state index in [-0.39, 0.29) is 23.5 Å². The minimum absolute atomic E-state index is 0.246. The van der Waals surface area contributed by atoms with Gasteiger partial charge in [0.1, 0.15) is 10.6 Å². The van der Waals surface area contributed by atoms with Crippen LogP contribution in [0.15, 0.2) is 54.6 Å². The average molecular weight is 491 g/mol. The number of amides is 3. The van der Waals surface area contributed by atoms with Crippen LogP contribution in [-0.4, -0.2) is 27.5 Å². The predicted molar refractivity (Wildman–Crippen MR) is 132 cm³/mol. The van der Waals surface area contributed by atoms with Crippen molar-refractivity contribution in [2.24, 2.45) is 0 Å². The van der Waals surface area contributed by atoms with Crippen molar-refractivity contribution >= 4 is 45.0 Å². The summed E-state index contributed by atoms with van der Waals surface area (Å²) in [5.41, 5.74) is 2.17. The Morgan fingerprint density at radius 3 is 2.54 bits per heavy atom. The van der Waals surface area contributed by atoms with Gasteiger partial charge in [-0.25, -0.2) is 9.07 Å². The third kappa shape index (κ3) is 4.01. The van der Waals surface area contributed by atoms with Crippen LogP contribution in [0.1, 0.15) is 47.1 Å². The molecule has 1 saturated heterocycles. The Hall–Kier alpha value is -3.85. The summed E-state index contributed by atoms with van der Waals surface area (Å²) in [6.45, 7) is 3.80. The highest BCUT2D eigenvalue weighted by molar-refractivity contribution is 7.20. The molecule has 1 atom stereocenters. The number of hydrogen-bond acceptors (Lipinski definition) is 5. The van der Waals surface area contributed by atoms with E-state index in [1.807, 2.05) is 32.0 Å². The van der Waals surface area contributed by atoms with Crippen LogP contribution in [0.2, 0.25) is 0 Å². The van der Waals surface area contributed by atoms with E-state index < -0.39 is 5.41 Å². The highest BCUT2D eigenvalue weighted by Crippen LogP contribution is 2.36. The number of hydrogen-bond donors (Lipinski definition) is 2. The van der Waals surface area contributed by atoms with Gasteiger partial charge in [-0.1, -0.05) is 19.1 Å². The summed E-state index contributed by atoms with van der Waals surface area (Å²) in [6, 6.07) is 15.1. The molecule has 0 aliphatic carbocycles. The maximum Gasteiger partial charge on any atom is 0.265 e. The van der Waals surface area contributed by atoms with Gasteiger partial charge in [-0.05, 0) is 67.8 Å². The number of thiophene rings is 1. The highest BCUT2D eigenvalue weighted by Gasteiger charge is 2.42. The third-order valence-electron chi connectivity index (χ3n) is 6.60. The molecule has 1 fully saturated rings. The molecule has 9 heteroatoms. The van der Waals surface area contributed by atoms with Gasteiger partial charge in [0, 0.05) is 17.5 Å². The SMILES string of the molecule is CCC1(c2ccc(NC(=O)c3cc4c(C)nn(-c5ccc(F)cc5)c4s3)cc2)CCC(=O)NC1=O. The third-order valence-corrected chi connectivity index (χ3v) is 7.71. The van der Waals surface area contributed by atoms with Crippen molar-refractivity contribution in [1.29, 1.82) is 0 Å². The van der Waals surface area contributed by atoms with Gasteiger partial charge < -0.3 is 5.32 Å². The zero-order valence-corrected chi connectivity index (χ0v) is 20.0. The van der Waals surface area contributed by atoms with E-state index in [4.69, 9.17) is 0 Å². The van der Waals surface area contributed by atoms with Gasteiger partial charge in [0.05, 0.1) is 21.7 Å². The summed E-state index contributed by atoms with van der Waals surface area (Å²) in [7, 11) is 0. The van der Waals surface area contributed by atoms with E-state index in [1.54, 1.807) is 28.9 Å². The van der Waals surface area contributed by atoms with Crippen molar-refractivity contribution < 1.29 is 18.8 Å². The maximum absolute atomic E-state index is 13.3. The molecule has 2 aromatic carbocycles. The highest BCUT2D eigenvalue weighted by atomic mass is 32.1. The summed E-state index contributed by atoms with van der Waals surface area (Å²) >= 11 is 1.31. The van der Waals surface area contributed by atoms with Crippen molar-refractivity contribution in [3.8, 4) is 5.69 Å². The standard InChI is InChI=1S/C26H23FN4O3S/c1-3-26(13-12-22(32)29-25(26)34)16-4-8-18(9-5-16)28-23(33)21-14-20-15(2)30-31(24(20)35-21)19-10-6-17(27)7-11-19/h4-11,14H,3,12-13H2,1-2H3,(H,28,33)(H,29,32,34). The van der Waals surface area contributed by atoms with Gasteiger partial charge in [-0.3, -0.25) is 19.7 Å². The molecule has 3 heterocycles. The largest absolute Gasteiger partial charge is 0.321 e. The predicted octanol–water partition coefficient (Wildman–Crippen LogP) is 4.87. The van der Waals surface area contributed by atoms with Crippen molar-refractivity contribution in [1.82, 2.24) is 15.1 Å². The number of piperidine rings is 1. The molecule has 5 rings (SSSR count). The first kappa shape index (κ1) is 22.9. The molecule has 35 heavy (non-hydrogen) atoms. The molecule has 1 aliphatic rings. The number of carbonyl (C=O) groups excluding carboxylic acids is 3. The first-order chi connectivity index (χ1) is 16.8. The molecular weight excluding hydrogens is 467 g/mol. The summed E-state index contributed by atoms with van der Waals surface area (Å²) in [4.78, 5) is 38.5. The summed E-state index contributed by atoms with van der Waals surface area (Å²) in [5, 5.41) is 10.8. The van der Waals surface area contributed by atoms with Crippen LogP contribution < -0.4 is 10.6 Å². The summed E-state index contributed by atoms with van der Waals surface area (Å²) < 4.78 is 15.0. The van der Waals surface area contributed by atoms with E-state index >= 15 is 0 Å². The second-order valence-electron chi connectivity index (χ2n) is 8.65. The topological polar surface area (TPSA) is 93.1 Å². The fourth-order valence-electron chi connectivity index (χ4n) is 4.55. The number of nitrogens with zero attached hydrogens (tertiary/aromatic N) is 2. The fourth-order valence-corrected chi connectivity index (χ4v) is 5.63. The Labute approximate surface area is 205 Å². The molecule has 0 radical (unpaired) electrons. The Morgan fingerprint density at radius 2 is 1.89 bits per heavy atom. The second-order valence-corrected chi connectivity index (χ2v) is 9.68. The molecule has 4 aromatic rings. The van der Waals surface area contributed by atoms with Crippen LogP contribution in [-0.2, 0) is 15.0 Å². The fraction of sp³-hybridized carbons (Fsp3) is 0.231. The van der Waals surface area contributed by atoms with E-state index in [9.17, 15) is 18.8 Å². The van der Waals surface area contributed by atoms with Crippen LogP contribution in [0, 0.1) is 12.7 Å². The zero-order valence-electron chi connectivity index (χ0n) is 19.2. The number of aromatic nitrogens is 2. The molecule has 0 bridgehead atoms. The molecule has 3 amide bonds. The van der Waals surface area contributed by atoms with Gasteiger partial charge in [0.25, 0.3) is 5.91 Å². The van der Waals surface area contributed by atoms with Crippen LogP contribution >= 0.6 is 11.3 Å². The normalized spacial score (nSPS) is 18.0. The van der Waals surface area contributed by atoms with Gasteiger partial charge in [0.2, 0.25) is 11.8 Å². The van der Waals surface area contributed by atoms with Crippen molar-refractivity contribution in [2.45, 2.75) is 38.5 Å². The smallest absolute Gasteiger partial charge is 0.265 e. The minimum atomic E-state index is -0.744. The average Bonchev–Trinajstić information content (AvgIpc) is 3.42. The minimum Gasteiger partial charge on any atom is -0.321 e. The van der Waals surface area contributed by atoms with Crippen LogP contribution in [0.4, 0.5) is 10.1 Å². The van der Waals surface area contributed by atoms with E-state index in [1.165, 1.54) is 23.5 Å². The first-order valence-corrected chi connectivity index (χ1v) is 12.1.